The van der Waals surface area contributed by atoms with Gasteiger partial charge in [0.1, 0.15) is 0 Å². The van der Waals surface area contributed by atoms with E-state index in [0.29, 0.717) is 28.1 Å². The highest BCUT2D eigenvalue weighted by Crippen LogP contribution is 2.27. The number of nitrogens with zero attached hydrogens (tertiary/aromatic N) is 3. The van der Waals surface area contributed by atoms with Crippen LogP contribution >= 0.6 is 22.9 Å². The van der Waals surface area contributed by atoms with E-state index < -0.39 is 10.0 Å². The molecule has 0 radical (unpaired) electrons. The zero-order chi connectivity index (χ0) is 20.3. The topological polar surface area (TPSA) is 74.7 Å². The van der Waals surface area contributed by atoms with E-state index in [-0.39, 0.29) is 0 Å². The molecule has 1 aliphatic heterocycles. The maximum absolute atomic E-state index is 12.6. The minimum Gasteiger partial charge on any atom is -0.253 e. The van der Waals surface area contributed by atoms with Crippen LogP contribution in [0.15, 0.2) is 63.9 Å². The molecule has 0 unspecified atom stereocenters. The van der Waals surface area contributed by atoms with E-state index in [9.17, 15) is 8.42 Å². The summed E-state index contributed by atoms with van der Waals surface area (Å²) in [7, 11) is -3.40. The van der Waals surface area contributed by atoms with Gasteiger partial charge in [-0.1, -0.05) is 35.9 Å². The fourth-order valence-electron chi connectivity index (χ4n) is 3.04. The summed E-state index contributed by atoms with van der Waals surface area (Å²) in [4.78, 5) is 4.83. The van der Waals surface area contributed by atoms with Gasteiger partial charge in [0, 0.05) is 29.1 Å². The van der Waals surface area contributed by atoms with E-state index in [1.165, 1.54) is 11.3 Å². The molecule has 0 saturated carbocycles. The molecule has 0 bridgehead atoms. The van der Waals surface area contributed by atoms with Crippen molar-refractivity contribution in [3.05, 3.63) is 64.5 Å². The molecule has 0 atom stereocenters. The van der Waals surface area contributed by atoms with Gasteiger partial charge in [0.05, 0.1) is 16.8 Å². The molecular formula is C20H19ClN4O2S2. The molecule has 4 rings (SSSR count). The standard InChI is InChI=1S/C20H19ClN4O2S2/c21-17-7-3-15(4-8-17)13-22-24-20-23-19(14-28-20)16-5-9-18(10-6-16)29(26,27)25-11-1-2-12-25/h3-10,13-14H,1-2,11-12H2,(H,23,24)/b22-13+. The van der Waals surface area contributed by atoms with Crippen molar-refractivity contribution in [1.29, 1.82) is 0 Å². The normalized spacial score (nSPS) is 15.2. The summed E-state index contributed by atoms with van der Waals surface area (Å²) in [5.74, 6) is 0. The van der Waals surface area contributed by atoms with Gasteiger partial charge in [-0.05, 0) is 42.7 Å². The highest BCUT2D eigenvalue weighted by atomic mass is 35.5. The lowest BCUT2D eigenvalue weighted by Gasteiger charge is -2.15. The van der Waals surface area contributed by atoms with Crippen LogP contribution in [0.4, 0.5) is 5.13 Å². The first-order valence-corrected chi connectivity index (χ1v) is 11.8. The Morgan fingerprint density at radius 1 is 1.07 bits per heavy atom. The maximum Gasteiger partial charge on any atom is 0.243 e. The van der Waals surface area contributed by atoms with Gasteiger partial charge in [-0.25, -0.2) is 13.4 Å². The summed E-state index contributed by atoms with van der Waals surface area (Å²) in [5.41, 5.74) is 5.46. The number of benzene rings is 2. The van der Waals surface area contributed by atoms with E-state index in [1.807, 2.05) is 17.5 Å². The summed E-state index contributed by atoms with van der Waals surface area (Å²) in [6.07, 6.45) is 3.54. The van der Waals surface area contributed by atoms with Gasteiger partial charge in [0.25, 0.3) is 0 Å². The second kappa shape index (κ2) is 8.62. The van der Waals surface area contributed by atoms with Crippen LogP contribution in [0.5, 0.6) is 0 Å². The van der Waals surface area contributed by atoms with Gasteiger partial charge in [-0.2, -0.15) is 9.41 Å². The van der Waals surface area contributed by atoms with Gasteiger partial charge >= 0.3 is 0 Å². The molecule has 0 spiro atoms. The van der Waals surface area contributed by atoms with Crippen LogP contribution < -0.4 is 5.43 Å². The number of halogens is 1. The van der Waals surface area contributed by atoms with Crippen molar-refractivity contribution >= 4 is 44.3 Å². The third kappa shape index (κ3) is 4.67. The predicted octanol–water partition coefficient (Wildman–Crippen LogP) is 4.69. The molecule has 1 aliphatic rings. The number of sulfonamides is 1. The van der Waals surface area contributed by atoms with Crippen LogP contribution in [-0.4, -0.2) is 37.0 Å². The molecule has 9 heteroatoms. The zero-order valence-corrected chi connectivity index (χ0v) is 17.8. The van der Waals surface area contributed by atoms with Gasteiger partial charge in [-0.3, -0.25) is 5.43 Å². The largest absolute Gasteiger partial charge is 0.253 e. The van der Waals surface area contributed by atoms with Crippen LogP contribution in [0, 0.1) is 0 Å². The van der Waals surface area contributed by atoms with E-state index >= 15 is 0 Å². The number of aromatic nitrogens is 1. The summed E-state index contributed by atoms with van der Waals surface area (Å²) in [6, 6.07) is 14.2. The highest BCUT2D eigenvalue weighted by Gasteiger charge is 2.26. The van der Waals surface area contributed by atoms with Crippen molar-refractivity contribution in [2.45, 2.75) is 17.7 Å². The van der Waals surface area contributed by atoms with E-state index in [4.69, 9.17) is 11.6 Å². The lowest BCUT2D eigenvalue weighted by molar-refractivity contribution is 0.477. The molecule has 29 heavy (non-hydrogen) atoms. The molecule has 6 nitrogen and oxygen atoms in total. The molecule has 0 amide bonds. The van der Waals surface area contributed by atoms with E-state index in [2.05, 4.69) is 15.5 Å². The first-order valence-electron chi connectivity index (χ1n) is 9.13. The number of anilines is 1. The van der Waals surface area contributed by atoms with Crippen LogP contribution in [0.25, 0.3) is 11.3 Å². The Hall–Kier alpha value is -2.26. The molecule has 0 aliphatic carbocycles. The lowest BCUT2D eigenvalue weighted by atomic mass is 10.2. The third-order valence-electron chi connectivity index (χ3n) is 4.60. The number of thiazole rings is 1. The number of hydrogen-bond donors (Lipinski definition) is 1. The molecular weight excluding hydrogens is 428 g/mol. The van der Waals surface area contributed by atoms with Gasteiger partial charge < -0.3 is 0 Å². The second-order valence-corrected chi connectivity index (χ2v) is 9.83. The Labute approximate surface area is 178 Å². The zero-order valence-electron chi connectivity index (χ0n) is 15.5. The summed E-state index contributed by atoms with van der Waals surface area (Å²) < 4.78 is 26.8. The van der Waals surface area contributed by atoms with Crippen LogP contribution in [-0.2, 0) is 10.0 Å². The van der Waals surface area contributed by atoms with Crippen molar-refractivity contribution in [3.8, 4) is 11.3 Å². The second-order valence-electron chi connectivity index (χ2n) is 6.60. The first-order chi connectivity index (χ1) is 14.0. The maximum atomic E-state index is 12.6. The van der Waals surface area contributed by atoms with Crippen molar-refractivity contribution in [2.24, 2.45) is 5.10 Å². The summed E-state index contributed by atoms with van der Waals surface area (Å²) in [5, 5.41) is 7.42. The Kier molecular flexibility index (Phi) is 5.96. The fraction of sp³-hybridized carbons (Fsp3) is 0.200. The Balaban J connectivity index is 1.43. The van der Waals surface area contributed by atoms with E-state index in [0.717, 1.165) is 29.7 Å². The van der Waals surface area contributed by atoms with Gasteiger partial charge in [0.15, 0.2) is 0 Å². The molecule has 1 N–H and O–H groups in total. The quantitative estimate of drug-likeness (QED) is 0.440. The van der Waals surface area contributed by atoms with E-state index in [1.54, 1.807) is 46.9 Å². The fourth-order valence-corrected chi connectivity index (χ4v) is 5.36. The minimum absolute atomic E-state index is 0.323. The Morgan fingerprint density at radius 3 is 2.45 bits per heavy atom. The predicted molar refractivity (Wildman–Crippen MR) is 118 cm³/mol. The summed E-state index contributed by atoms with van der Waals surface area (Å²) in [6.45, 7) is 1.20. The van der Waals surface area contributed by atoms with Gasteiger partial charge in [-0.15, -0.1) is 11.3 Å². The smallest absolute Gasteiger partial charge is 0.243 e. The average molecular weight is 447 g/mol. The molecule has 1 aromatic heterocycles. The van der Waals surface area contributed by atoms with Crippen molar-refractivity contribution < 1.29 is 8.42 Å². The highest BCUT2D eigenvalue weighted by molar-refractivity contribution is 7.89. The SMILES string of the molecule is O=S(=O)(c1ccc(-c2csc(N/N=C/c3ccc(Cl)cc3)n2)cc1)N1CCCC1. The Morgan fingerprint density at radius 2 is 1.76 bits per heavy atom. The molecule has 2 heterocycles. The monoisotopic (exact) mass is 446 g/mol. The summed E-state index contributed by atoms with van der Waals surface area (Å²) >= 11 is 7.29. The Bertz CT molecular complexity index is 1100. The van der Waals surface area contributed by atoms with Crippen molar-refractivity contribution in [1.82, 2.24) is 9.29 Å². The number of nitrogens with one attached hydrogen (secondary N) is 1. The first kappa shape index (κ1) is 20.0. The van der Waals surface area contributed by atoms with Crippen LogP contribution in [0.1, 0.15) is 18.4 Å². The number of hydrazone groups is 1. The average Bonchev–Trinajstić information content (AvgIpc) is 3.42. The molecule has 1 fully saturated rings. The lowest BCUT2D eigenvalue weighted by Crippen LogP contribution is -2.27. The van der Waals surface area contributed by atoms with Crippen molar-refractivity contribution in [2.75, 3.05) is 18.5 Å². The molecule has 150 valence electrons. The van der Waals surface area contributed by atoms with Crippen LogP contribution in [0.3, 0.4) is 0 Å². The molecule has 1 saturated heterocycles. The minimum atomic E-state index is -3.40. The molecule has 2 aromatic carbocycles. The number of rotatable bonds is 6. The number of hydrogen-bond acceptors (Lipinski definition) is 6. The third-order valence-corrected chi connectivity index (χ3v) is 7.51. The van der Waals surface area contributed by atoms with Crippen LogP contribution in [0.2, 0.25) is 5.02 Å². The van der Waals surface area contributed by atoms with Crippen molar-refractivity contribution in [3.63, 3.8) is 0 Å². The van der Waals surface area contributed by atoms with Gasteiger partial charge in [0.2, 0.25) is 15.2 Å². The molecule has 3 aromatic rings.